The predicted molar refractivity (Wildman–Crippen MR) is 37.5 cm³/mol. The normalized spacial score (nSPS) is 28.8. The van der Waals surface area contributed by atoms with Crippen LogP contribution >= 0.6 is 0 Å². The number of hydrogen-bond acceptors (Lipinski definition) is 6. The molecule has 0 atom stereocenters. The zero-order valence-corrected chi connectivity index (χ0v) is 6.77. The van der Waals surface area contributed by atoms with Crippen molar-refractivity contribution < 1.29 is 25.2 Å². The van der Waals surface area contributed by atoms with Crippen molar-refractivity contribution in [3.63, 3.8) is 0 Å². The number of aliphatic hydroxyl groups is 4. The van der Waals surface area contributed by atoms with Gasteiger partial charge in [0.1, 0.15) is 0 Å². The van der Waals surface area contributed by atoms with Gasteiger partial charge in [-0.05, 0) is 0 Å². The van der Waals surface area contributed by atoms with E-state index in [4.69, 9.17) is 10.2 Å². The predicted octanol–water partition coefficient (Wildman–Crippen LogP) is -2.38. The quantitative estimate of drug-likeness (QED) is 0.336. The summed E-state index contributed by atoms with van der Waals surface area (Å²) in [5.74, 6) is -5.65. The zero-order chi connectivity index (χ0) is 9.41. The lowest BCUT2D eigenvalue weighted by atomic mass is 10.3. The summed E-state index contributed by atoms with van der Waals surface area (Å²) < 4.78 is 4.38. The molecular formula is C6H13NO5. The average molecular weight is 179 g/mol. The van der Waals surface area contributed by atoms with Crippen LogP contribution in [0.25, 0.3) is 0 Å². The van der Waals surface area contributed by atoms with Gasteiger partial charge in [-0.2, -0.15) is 0 Å². The maximum atomic E-state index is 9.22. The van der Waals surface area contributed by atoms with Crippen LogP contribution in [0.3, 0.4) is 0 Å². The van der Waals surface area contributed by atoms with Crippen molar-refractivity contribution in [2.45, 2.75) is 18.8 Å². The van der Waals surface area contributed by atoms with Gasteiger partial charge in [0.05, 0.1) is 6.61 Å². The van der Waals surface area contributed by atoms with Gasteiger partial charge in [0.25, 0.3) is 0 Å². The van der Waals surface area contributed by atoms with E-state index in [1.807, 2.05) is 0 Å². The zero-order valence-electron chi connectivity index (χ0n) is 6.77. The van der Waals surface area contributed by atoms with Gasteiger partial charge in [-0.1, -0.05) is 6.92 Å². The largest absolute Gasteiger partial charge is 0.351 e. The van der Waals surface area contributed by atoms with Gasteiger partial charge in [0.15, 0.2) is 0 Å². The van der Waals surface area contributed by atoms with Crippen molar-refractivity contribution in [1.29, 1.82) is 0 Å². The fourth-order valence-electron chi connectivity index (χ4n) is 1.14. The van der Waals surface area contributed by atoms with Crippen LogP contribution in [0.4, 0.5) is 0 Å². The van der Waals surface area contributed by atoms with Crippen molar-refractivity contribution in [3.8, 4) is 0 Å². The minimum absolute atomic E-state index is 0.0453. The van der Waals surface area contributed by atoms with Crippen LogP contribution in [-0.4, -0.2) is 56.9 Å². The van der Waals surface area contributed by atoms with E-state index in [2.05, 4.69) is 4.74 Å². The van der Waals surface area contributed by atoms with Gasteiger partial charge in [0.2, 0.25) is 0 Å². The van der Waals surface area contributed by atoms with Gasteiger partial charge in [-0.25, -0.2) is 4.90 Å². The molecular weight excluding hydrogens is 166 g/mol. The molecule has 0 spiro atoms. The Hall–Kier alpha value is -0.240. The lowest BCUT2D eigenvalue weighted by Crippen LogP contribution is -2.69. The van der Waals surface area contributed by atoms with E-state index in [0.29, 0.717) is 6.54 Å². The van der Waals surface area contributed by atoms with E-state index in [-0.39, 0.29) is 13.2 Å². The van der Waals surface area contributed by atoms with Crippen molar-refractivity contribution in [3.05, 3.63) is 0 Å². The summed E-state index contributed by atoms with van der Waals surface area (Å²) in [6.45, 7) is 2.25. The Morgan fingerprint density at radius 3 is 2.33 bits per heavy atom. The smallest absolute Gasteiger partial charge is 0.347 e. The number of morpholine rings is 1. The summed E-state index contributed by atoms with van der Waals surface area (Å²) in [5.41, 5.74) is 0. The third-order valence-corrected chi connectivity index (χ3v) is 1.92. The molecule has 1 saturated heterocycles. The molecule has 4 N–H and O–H groups in total. The number of likely N-dealkylation sites (N-methyl/N-ethyl adjacent to an activating group) is 1. The second-order valence-corrected chi connectivity index (χ2v) is 2.67. The molecule has 0 aromatic heterocycles. The maximum absolute atomic E-state index is 9.22. The Morgan fingerprint density at radius 1 is 1.33 bits per heavy atom. The number of nitrogens with zero attached hydrogens (tertiary/aromatic N) is 1. The van der Waals surface area contributed by atoms with Crippen LogP contribution < -0.4 is 0 Å². The SMILES string of the molecule is CCN1CCOC(O)(O)C1(O)O. The van der Waals surface area contributed by atoms with Crippen LogP contribution in [0.2, 0.25) is 0 Å². The number of rotatable bonds is 1. The summed E-state index contributed by atoms with van der Waals surface area (Å²) in [6, 6.07) is 0. The highest BCUT2D eigenvalue weighted by Gasteiger charge is 2.55. The van der Waals surface area contributed by atoms with Crippen LogP contribution in [0.15, 0.2) is 0 Å². The maximum Gasteiger partial charge on any atom is 0.351 e. The van der Waals surface area contributed by atoms with Crippen molar-refractivity contribution in [1.82, 2.24) is 4.90 Å². The van der Waals surface area contributed by atoms with Crippen LogP contribution in [0.1, 0.15) is 6.92 Å². The molecule has 0 bridgehead atoms. The average Bonchev–Trinajstić information content (AvgIpc) is 1.95. The minimum Gasteiger partial charge on any atom is -0.347 e. The molecule has 1 heterocycles. The molecule has 12 heavy (non-hydrogen) atoms. The van der Waals surface area contributed by atoms with Gasteiger partial charge >= 0.3 is 11.9 Å². The third kappa shape index (κ3) is 1.33. The monoisotopic (exact) mass is 179 g/mol. The molecule has 1 rings (SSSR count). The fraction of sp³-hybridized carbons (Fsp3) is 1.00. The van der Waals surface area contributed by atoms with Crippen molar-refractivity contribution >= 4 is 0 Å². The molecule has 0 saturated carbocycles. The molecule has 1 aliphatic heterocycles. The standard InChI is InChI=1S/C6H13NO5/c1-2-7-3-4-12-6(10,11)5(7,8)9/h8-11H,2-4H2,1H3. The highest BCUT2D eigenvalue weighted by molar-refractivity contribution is 4.79. The number of hydrogen-bond donors (Lipinski definition) is 4. The minimum atomic E-state index is -2.92. The molecule has 0 aromatic carbocycles. The Labute approximate surface area is 69.6 Å². The molecule has 6 heteroatoms. The first-order chi connectivity index (χ1) is 5.42. The molecule has 6 nitrogen and oxygen atoms in total. The van der Waals surface area contributed by atoms with E-state index < -0.39 is 11.9 Å². The lowest BCUT2D eigenvalue weighted by Gasteiger charge is -2.44. The van der Waals surface area contributed by atoms with E-state index in [0.717, 1.165) is 4.90 Å². The third-order valence-electron chi connectivity index (χ3n) is 1.92. The summed E-state index contributed by atoms with van der Waals surface area (Å²) in [6.07, 6.45) is 0. The van der Waals surface area contributed by atoms with Crippen molar-refractivity contribution in [2.75, 3.05) is 19.7 Å². The fourth-order valence-corrected chi connectivity index (χ4v) is 1.14. The van der Waals surface area contributed by atoms with Crippen LogP contribution in [-0.2, 0) is 4.74 Å². The number of ether oxygens (including phenoxy) is 1. The van der Waals surface area contributed by atoms with Gasteiger partial charge < -0.3 is 25.2 Å². The molecule has 1 fully saturated rings. The molecule has 0 radical (unpaired) electrons. The molecule has 72 valence electrons. The Balaban J connectivity index is 2.82. The highest BCUT2D eigenvalue weighted by atomic mass is 16.8. The van der Waals surface area contributed by atoms with Crippen LogP contribution in [0, 0.1) is 0 Å². The second-order valence-electron chi connectivity index (χ2n) is 2.67. The topological polar surface area (TPSA) is 93.4 Å². The lowest BCUT2D eigenvalue weighted by molar-refractivity contribution is -0.514. The summed E-state index contributed by atoms with van der Waals surface area (Å²) in [5, 5.41) is 36.4. The summed E-state index contributed by atoms with van der Waals surface area (Å²) in [4.78, 5) is 1.09. The van der Waals surface area contributed by atoms with Gasteiger partial charge in [-0.15, -0.1) is 0 Å². The van der Waals surface area contributed by atoms with E-state index in [1.165, 1.54) is 0 Å². The molecule has 1 aliphatic rings. The second kappa shape index (κ2) is 2.91. The van der Waals surface area contributed by atoms with E-state index in [1.54, 1.807) is 6.92 Å². The van der Waals surface area contributed by atoms with Crippen LogP contribution in [0.5, 0.6) is 0 Å². The Kier molecular flexibility index (Phi) is 2.39. The first-order valence-electron chi connectivity index (χ1n) is 3.70. The molecule has 0 aromatic rings. The molecule has 0 amide bonds. The van der Waals surface area contributed by atoms with Crippen molar-refractivity contribution in [2.24, 2.45) is 0 Å². The summed E-state index contributed by atoms with van der Waals surface area (Å²) >= 11 is 0. The Morgan fingerprint density at radius 2 is 1.92 bits per heavy atom. The molecule has 0 aliphatic carbocycles. The first-order valence-corrected chi connectivity index (χ1v) is 3.70. The van der Waals surface area contributed by atoms with E-state index in [9.17, 15) is 10.2 Å². The summed E-state index contributed by atoms with van der Waals surface area (Å²) in [7, 11) is 0. The van der Waals surface area contributed by atoms with E-state index >= 15 is 0 Å². The van der Waals surface area contributed by atoms with Gasteiger partial charge in [0, 0.05) is 13.1 Å². The van der Waals surface area contributed by atoms with Gasteiger partial charge in [-0.3, -0.25) is 0 Å². The molecule has 0 unspecified atom stereocenters. The Bertz CT molecular complexity index is 169. The highest BCUT2D eigenvalue weighted by Crippen LogP contribution is 2.26. The first kappa shape index (κ1) is 9.85.